The van der Waals surface area contributed by atoms with Crippen LogP contribution in [0.2, 0.25) is 0 Å². The van der Waals surface area contributed by atoms with E-state index in [9.17, 15) is 18.3 Å². The van der Waals surface area contributed by atoms with Gasteiger partial charge in [0.25, 0.3) is 0 Å². The predicted octanol–water partition coefficient (Wildman–Crippen LogP) is 0.981. The van der Waals surface area contributed by atoms with Crippen LogP contribution >= 0.6 is 0 Å². The number of hydrogen-bond acceptors (Lipinski definition) is 4. The topological polar surface area (TPSA) is 71.4 Å². The first kappa shape index (κ1) is 13.2. The molecule has 5 heteroatoms. The lowest BCUT2D eigenvalue weighted by molar-refractivity contribution is 0.0503. The molecule has 1 aliphatic heterocycles. The van der Waals surface area contributed by atoms with Crippen molar-refractivity contribution >= 4 is 16.1 Å². The van der Waals surface area contributed by atoms with Crippen LogP contribution in [0.3, 0.4) is 0 Å². The van der Waals surface area contributed by atoms with E-state index in [1.54, 1.807) is 24.3 Å². The quantitative estimate of drug-likeness (QED) is 0.830. The molecule has 1 aliphatic rings. The fourth-order valence-electron chi connectivity index (χ4n) is 2.41. The van der Waals surface area contributed by atoms with Crippen LogP contribution in [0.25, 0.3) is 0 Å². The smallest absolute Gasteiger partial charge is 0.153 e. The molecular weight excluding hydrogens is 252 g/mol. The summed E-state index contributed by atoms with van der Waals surface area (Å²) in [6.45, 7) is 0. The molecule has 0 bridgehead atoms. The Morgan fingerprint density at radius 2 is 1.94 bits per heavy atom. The lowest BCUT2D eigenvalue weighted by atomic mass is 9.91. The second-order valence-electron chi connectivity index (χ2n) is 4.96. The highest BCUT2D eigenvalue weighted by molar-refractivity contribution is 7.91. The summed E-state index contributed by atoms with van der Waals surface area (Å²) in [4.78, 5) is 10.5. The van der Waals surface area contributed by atoms with E-state index in [1.807, 2.05) is 0 Å². The number of rotatable bonds is 3. The Morgan fingerprint density at radius 1 is 1.28 bits per heavy atom. The third-order valence-corrected chi connectivity index (χ3v) is 5.12. The summed E-state index contributed by atoms with van der Waals surface area (Å²) in [6, 6.07) is 6.85. The van der Waals surface area contributed by atoms with E-state index in [0.717, 1.165) is 11.8 Å². The van der Waals surface area contributed by atoms with Crippen molar-refractivity contribution in [3.05, 3.63) is 35.4 Å². The summed E-state index contributed by atoms with van der Waals surface area (Å²) in [7, 11) is -3.13. The van der Waals surface area contributed by atoms with Gasteiger partial charge in [0.05, 0.1) is 17.1 Å². The molecule has 2 rings (SSSR count). The van der Waals surface area contributed by atoms with Crippen molar-refractivity contribution in [2.45, 2.75) is 24.9 Å². The number of benzene rings is 1. The monoisotopic (exact) mass is 268 g/mol. The molecule has 1 heterocycles. The van der Waals surface area contributed by atoms with Crippen molar-refractivity contribution in [1.82, 2.24) is 0 Å². The van der Waals surface area contributed by atoms with Gasteiger partial charge < -0.3 is 5.11 Å². The van der Waals surface area contributed by atoms with E-state index in [1.165, 1.54) is 0 Å². The van der Waals surface area contributed by atoms with Gasteiger partial charge in [0.15, 0.2) is 9.84 Å². The van der Waals surface area contributed by atoms with E-state index in [4.69, 9.17) is 0 Å². The maximum absolute atomic E-state index is 11.6. The molecular formula is C13H16O4S. The van der Waals surface area contributed by atoms with Crippen molar-refractivity contribution in [3.8, 4) is 0 Å². The van der Waals surface area contributed by atoms with E-state index in [2.05, 4.69) is 0 Å². The molecule has 1 saturated heterocycles. The average molecular weight is 268 g/mol. The second-order valence-corrected chi connectivity index (χ2v) is 7.14. The first-order valence-corrected chi connectivity index (χ1v) is 7.72. The number of aliphatic hydroxyl groups is 1. The molecule has 1 fully saturated rings. The zero-order chi connectivity index (χ0) is 13.2. The predicted molar refractivity (Wildman–Crippen MR) is 68.4 cm³/mol. The number of hydrogen-bond donors (Lipinski definition) is 1. The van der Waals surface area contributed by atoms with Crippen LogP contribution in [0.15, 0.2) is 24.3 Å². The molecule has 18 heavy (non-hydrogen) atoms. The summed E-state index contributed by atoms with van der Waals surface area (Å²) in [6.07, 6.45) is 2.07. The Balaban J connectivity index is 2.14. The highest BCUT2D eigenvalue weighted by Crippen LogP contribution is 2.26. The van der Waals surface area contributed by atoms with E-state index >= 15 is 0 Å². The second kappa shape index (κ2) is 4.82. The molecule has 0 saturated carbocycles. The molecule has 1 unspecified atom stereocenters. The highest BCUT2D eigenvalue weighted by Gasteiger charge is 2.37. The fraction of sp³-hybridized carbons (Fsp3) is 0.462. The van der Waals surface area contributed by atoms with Gasteiger partial charge in [-0.2, -0.15) is 0 Å². The summed E-state index contributed by atoms with van der Waals surface area (Å²) < 4.78 is 23.1. The van der Waals surface area contributed by atoms with Gasteiger partial charge in [-0.15, -0.1) is 0 Å². The fourth-order valence-corrected chi connectivity index (χ4v) is 4.20. The third-order valence-electron chi connectivity index (χ3n) is 3.24. The Bertz CT molecular complexity index is 533. The van der Waals surface area contributed by atoms with Crippen LogP contribution in [-0.2, 0) is 16.3 Å². The van der Waals surface area contributed by atoms with Crippen LogP contribution in [-0.4, -0.2) is 36.9 Å². The molecule has 4 nitrogen and oxygen atoms in total. The molecule has 0 radical (unpaired) electrons. The largest absolute Gasteiger partial charge is 0.388 e. The number of aldehydes is 1. The molecule has 0 aliphatic carbocycles. The average Bonchev–Trinajstić information content (AvgIpc) is 2.27. The molecule has 0 aromatic heterocycles. The zero-order valence-electron chi connectivity index (χ0n) is 10.0. The third kappa shape index (κ3) is 3.17. The molecule has 0 spiro atoms. The summed E-state index contributed by atoms with van der Waals surface area (Å²) in [5.74, 6) is -0.00514. The standard InChI is InChI=1S/C13H16O4S/c14-9-12-4-2-11(3-5-12)8-13(15)6-1-7-18(16,17)10-13/h2-5,9,15H,1,6-8,10H2. The minimum Gasteiger partial charge on any atom is -0.388 e. The van der Waals surface area contributed by atoms with Gasteiger partial charge in [0, 0.05) is 12.0 Å². The van der Waals surface area contributed by atoms with E-state index in [0.29, 0.717) is 24.8 Å². The van der Waals surface area contributed by atoms with Gasteiger partial charge in [-0.1, -0.05) is 24.3 Å². The molecule has 1 aromatic rings. The van der Waals surface area contributed by atoms with Gasteiger partial charge >= 0.3 is 0 Å². The van der Waals surface area contributed by atoms with Crippen LogP contribution in [0, 0.1) is 0 Å². The van der Waals surface area contributed by atoms with Crippen LogP contribution < -0.4 is 0 Å². The maximum atomic E-state index is 11.6. The van der Waals surface area contributed by atoms with Gasteiger partial charge in [-0.3, -0.25) is 4.79 Å². The van der Waals surface area contributed by atoms with E-state index < -0.39 is 15.4 Å². The number of carbonyl (C=O) groups is 1. The Labute approximate surface area is 107 Å². The van der Waals surface area contributed by atoms with Crippen molar-refractivity contribution in [1.29, 1.82) is 0 Å². The lowest BCUT2D eigenvalue weighted by Crippen LogP contribution is -2.44. The van der Waals surface area contributed by atoms with Crippen molar-refractivity contribution < 1.29 is 18.3 Å². The summed E-state index contributed by atoms with van der Waals surface area (Å²) >= 11 is 0. The maximum Gasteiger partial charge on any atom is 0.153 e. The summed E-state index contributed by atoms with van der Waals surface area (Å²) in [5.41, 5.74) is 0.252. The van der Waals surface area contributed by atoms with Gasteiger partial charge in [-0.05, 0) is 18.4 Å². The first-order chi connectivity index (χ1) is 8.42. The Kier molecular flexibility index (Phi) is 3.54. The Hall–Kier alpha value is -1.20. The van der Waals surface area contributed by atoms with Crippen LogP contribution in [0.1, 0.15) is 28.8 Å². The molecule has 0 amide bonds. The molecule has 98 valence electrons. The molecule has 1 N–H and O–H groups in total. The summed E-state index contributed by atoms with van der Waals surface area (Å²) in [5, 5.41) is 10.3. The Morgan fingerprint density at radius 3 is 2.50 bits per heavy atom. The van der Waals surface area contributed by atoms with Gasteiger partial charge in [0.1, 0.15) is 6.29 Å². The normalized spacial score (nSPS) is 26.7. The highest BCUT2D eigenvalue weighted by atomic mass is 32.2. The SMILES string of the molecule is O=Cc1ccc(CC2(O)CCCS(=O)(=O)C2)cc1. The number of sulfone groups is 1. The van der Waals surface area contributed by atoms with Crippen LogP contribution in [0.4, 0.5) is 0 Å². The lowest BCUT2D eigenvalue weighted by Gasteiger charge is -2.31. The van der Waals surface area contributed by atoms with Gasteiger partial charge in [-0.25, -0.2) is 8.42 Å². The minimum absolute atomic E-state index is 0.166. The van der Waals surface area contributed by atoms with Crippen molar-refractivity contribution in [2.75, 3.05) is 11.5 Å². The van der Waals surface area contributed by atoms with Gasteiger partial charge in [0.2, 0.25) is 0 Å². The zero-order valence-corrected chi connectivity index (χ0v) is 10.8. The van der Waals surface area contributed by atoms with E-state index in [-0.39, 0.29) is 11.5 Å². The number of carbonyl (C=O) groups excluding carboxylic acids is 1. The first-order valence-electron chi connectivity index (χ1n) is 5.89. The molecule has 1 aromatic carbocycles. The molecule has 1 atom stereocenters. The van der Waals surface area contributed by atoms with Crippen molar-refractivity contribution in [3.63, 3.8) is 0 Å². The minimum atomic E-state index is -3.13. The van der Waals surface area contributed by atoms with Crippen molar-refractivity contribution in [2.24, 2.45) is 0 Å². The van der Waals surface area contributed by atoms with Crippen LogP contribution in [0.5, 0.6) is 0 Å².